The molecule has 0 spiro atoms. The monoisotopic (exact) mass is 275 g/mol. The third-order valence-corrected chi connectivity index (χ3v) is 6.32. The molecular formula is C12H25N3O2S. The predicted molar refractivity (Wildman–Crippen MR) is 72.5 cm³/mol. The van der Waals surface area contributed by atoms with E-state index in [2.05, 4.69) is 12.2 Å². The van der Waals surface area contributed by atoms with E-state index in [0.717, 1.165) is 25.9 Å². The second kappa shape index (κ2) is 5.07. The van der Waals surface area contributed by atoms with Gasteiger partial charge in [-0.25, -0.2) is 0 Å². The van der Waals surface area contributed by atoms with Gasteiger partial charge in [0, 0.05) is 38.3 Å². The number of nitrogens with one attached hydrogen (secondary N) is 1. The fourth-order valence-corrected chi connectivity index (χ4v) is 4.71. The van der Waals surface area contributed by atoms with E-state index in [-0.39, 0.29) is 5.54 Å². The highest BCUT2D eigenvalue weighted by Crippen LogP contribution is 2.26. The zero-order valence-electron chi connectivity index (χ0n) is 11.6. The first-order chi connectivity index (χ1) is 8.34. The van der Waals surface area contributed by atoms with Gasteiger partial charge in [0.25, 0.3) is 10.2 Å². The number of hydrogen-bond acceptors (Lipinski definition) is 3. The molecule has 0 aromatic rings. The first-order valence-electron chi connectivity index (χ1n) is 6.83. The van der Waals surface area contributed by atoms with Crippen LogP contribution in [0.15, 0.2) is 0 Å². The lowest BCUT2D eigenvalue weighted by Gasteiger charge is -2.44. The molecule has 0 amide bonds. The maximum absolute atomic E-state index is 12.7. The van der Waals surface area contributed by atoms with Gasteiger partial charge in [-0.3, -0.25) is 0 Å². The molecule has 2 aliphatic heterocycles. The topological polar surface area (TPSA) is 52.7 Å². The van der Waals surface area contributed by atoms with Gasteiger partial charge in [-0.15, -0.1) is 0 Å². The van der Waals surface area contributed by atoms with Crippen molar-refractivity contribution in [3.8, 4) is 0 Å². The molecule has 5 nitrogen and oxygen atoms in total. The molecule has 0 aromatic carbocycles. The Morgan fingerprint density at radius 3 is 2.33 bits per heavy atom. The second-order valence-electron chi connectivity index (χ2n) is 6.15. The molecular weight excluding hydrogens is 250 g/mol. The zero-order chi connectivity index (χ0) is 13.4. The molecule has 1 N–H and O–H groups in total. The molecule has 6 heteroatoms. The summed E-state index contributed by atoms with van der Waals surface area (Å²) >= 11 is 0. The predicted octanol–water partition coefficient (Wildman–Crippen LogP) is 0.647. The number of hydrogen-bond donors (Lipinski definition) is 1. The Kier molecular flexibility index (Phi) is 4.02. The fourth-order valence-electron chi connectivity index (χ4n) is 2.75. The minimum atomic E-state index is -3.29. The highest BCUT2D eigenvalue weighted by molar-refractivity contribution is 7.86. The van der Waals surface area contributed by atoms with Gasteiger partial charge < -0.3 is 5.32 Å². The van der Waals surface area contributed by atoms with E-state index in [1.54, 1.807) is 8.61 Å². The van der Waals surface area contributed by atoms with Crippen molar-refractivity contribution in [1.82, 2.24) is 13.9 Å². The number of nitrogens with zero attached hydrogens (tertiary/aromatic N) is 2. The van der Waals surface area contributed by atoms with Gasteiger partial charge >= 0.3 is 0 Å². The molecule has 0 bridgehead atoms. The Hall–Kier alpha value is -0.170. The van der Waals surface area contributed by atoms with Crippen LogP contribution >= 0.6 is 0 Å². The Balaban J connectivity index is 2.14. The van der Waals surface area contributed by atoms with Crippen LogP contribution in [0, 0.1) is 5.92 Å². The van der Waals surface area contributed by atoms with E-state index in [1.165, 1.54) is 0 Å². The minimum Gasteiger partial charge on any atom is -0.314 e. The van der Waals surface area contributed by atoms with E-state index < -0.39 is 10.2 Å². The van der Waals surface area contributed by atoms with Gasteiger partial charge in [0.2, 0.25) is 0 Å². The minimum absolute atomic E-state index is 0.333. The summed E-state index contributed by atoms with van der Waals surface area (Å²) in [6.45, 7) is 9.54. The van der Waals surface area contributed by atoms with Gasteiger partial charge in [-0.1, -0.05) is 6.92 Å². The van der Waals surface area contributed by atoms with Gasteiger partial charge in [0.05, 0.1) is 0 Å². The molecule has 0 saturated carbocycles. The van der Waals surface area contributed by atoms with Crippen molar-refractivity contribution < 1.29 is 8.42 Å². The highest BCUT2D eigenvalue weighted by Gasteiger charge is 2.41. The van der Waals surface area contributed by atoms with Crippen molar-refractivity contribution in [2.75, 3.05) is 32.7 Å². The molecule has 2 aliphatic rings. The Labute approximate surface area is 111 Å². The molecule has 0 atom stereocenters. The fraction of sp³-hybridized carbons (Fsp3) is 1.00. The summed E-state index contributed by atoms with van der Waals surface area (Å²) in [4.78, 5) is 0. The lowest BCUT2D eigenvalue weighted by Crippen LogP contribution is -2.63. The van der Waals surface area contributed by atoms with E-state index in [4.69, 9.17) is 0 Å². The maximum Gasteiger partial charge on any atom is 0.282 e. The van der Waals surface area contributed by atoms with Crippen molar-refractivity contribution in [2.24, 2.45) is 5.92 Å². The molecule has 2 rings (SSSR count). The average Bonchev–Trinajstić information content (AvgIpc) is 2.28. The van der Waals surface area contributed by atoms with E-state index >= 15 is 0 Å². The van der Waals surface area contributed by atoms with Crippen LogP contribution in [0.25, 0.3) is 0 Å². The van der Waals surface area contributed by atoms with Crippen LogP contribution in [0.3, 0.4) is 0 Å². The molecule has 0 unspecified atom stereocenters. The lowest BCUT2D eigenvalue weighted by atomic mass is 10.0. The first-order valence-corrected chi connectivity index (χ1v) is 8.22. The van der Waals surface area contributed by atoms with Crippen molar-refractivity contribution >= 4 is 10.2 Å². The standard InChI is InChI=1S/C12H25N3O2S/c1-11-4-7-14(8-5-11)18(16,17)15-9-6-13-10-12(15,2)3/h11,13H,4-10H2,1-3H3. The molecule has 2 fully saturated rings. The van der Waals surface area contributed by atoms with Crippen LogP contribution in [0.2, 0.25) is 0 Å². The largest absolute Gasteiger partial charge is 0.314 e. The van der Waals surface area contributed by atoms with E-state index in [9.17, 15) is 8.42 Å². The second-order valence-corrected chi connectivity index (χ2v) is 8.00. The molecule has 0 aliphatic carbocycles. The van der Waals surface area contributed by atoms with Crippen molar-refractivity contribution in [2.45, 2.75) is 39.2 Å². The van der Waals surface area contributed by atoms with Crippen LogP contribution in [0.5, 0.6) is 0 Å². The summed E-state index contributed by atoms with van der Waals surface area (Å²) in [6.07, 6.45) is 1.96. The first kappa shape index (κ1) is 14.2. The Bertz CT molecular complexity index is 386. The summed E-state index contributed by atoms with van der Waals surface area (Å²) in [5, 5.41) is 3.26. The van der Waals surface area contributed by atoms with Gasteiger partial charge in [0.1, 0.15) is 0 Å². The molecule has 2 heterocycles. The molecule has 2 saturated heterocycles. The van der Waals surface area contributed by atoms with E-state index in [0.29, 0.717) is 25.6 Å². The quantitative estimate of drug-likeness (QED) is 0.805. The average molecular weight is 275 g/mol. The summed E-state index contributed by atoms with van der Waals surface area (Å²) < 4.78 is 28.7. The number of piperidine rings is 1. The zero-order valence-corrected chi connectivity index (χ0v) is 12.5. The van der Waals surface area contributed by atoms with Crippen LogP contribution < -0.4 is 5.32 Å². The van der Waals surface area contributed by atoms with Gasteiger partial charge in [-0.05, 0) is 32.6 Å². The third-order valence-electron chi connectivity index (χ3n) is 4.07. The smallest absolute Gasteiger partial charge is 0.282 e. The normalized spacial score (nSPS) is 28.4. The maximum atomic E-state index is 12.7. The summed E-state index contributed by atoms with van der Waals surface area (Å²) in [5.41, 5.74) is -0.333. The van der Waals surface area contributed by atoms with Gasteiger partial charge in [0.15, 0.2) is 0 Å². The molecule has 0 radical (unpaired) electrons. The number of rotatable bonds is 2. The Morgan fingerprint density at radius 2 is 1.78 bits per heavy atom. The number of piperazine rings is 1. The highest BCUT2D eigenvalue weighted by atomic mass is 32.2. The van der Waals surface area contributed by atoms with Crippen molar-refractivity contribution in [1.29, 1.82) is 0 Å². The van der Waals surface area contributed by atoms with Crippen molar-refractivity contribution in [3.63, 3.8) is 0 Å². The van der Waals surface area contributed by atoms with Crippen molar-refractivity contribution in [3.05, 3.63) is 0 Å². The molecule has 0 aromatic heterocycles. The van der Waals surface area contributed by atoms with Crippen LogP contribution in [0.1, 0.15) is 33.6 Å². The van der Waals surface area contributed by atoms with Crippen LogP contribution in [0.4, 0.5) is 0 Å². The van der Waals surface area contributed by atoms with Crippen LogP contribution in [-0.4, -0.2) is 55.3 Å². The summed E-state index contributed by atoms with van der Waals surface area (Å²) in [5.74, 6) is 0.646. The summed E-state index contributed by atoms with van der Waals surface area (Å²) in [7, 11) is -3.29. The SMILES string of the molecule is CC1CCN(S(=O)(=O)N2CCNCC2(C)C)CC1. The molecule has 18 heavy (non-hydrogen) atoms. The lowest BCUT2D eigenvalue weighted by molar-refractivity contribution is 0.165. The molecule has 106 valence electrons. The van der Waals surface area contributed by atoms with Gasteiger partial charge in [-0.2, -0.15) is 17.0 Å². The Morgan fingerprint density at radius 1 is 1.17 bits per heavy atom. The third kappa shape index (κ3) is 2.71. The summed E-state index contributed by atoms with van der Waals surface area (Å²) in [6, 6.07) is 0. The van der Waals surface area contributed by atoms with E-state index in [1.807, 2.05) is 13.8 Å². The van der Waals surface area contributed by atoms with Crippen LogP contribution in [-0.2, 0) is 10.2 Å².